The van der Waals surface area contributed by atoms with Gasteiger partial charge >= 0.3 is 5.97 Å². The van der Waals surface area contributed by atoms with E-state index in [1.165, 1.54) is 0 Å². The van der Waals surface area contributed by atoms with E-state index in [4.69, 9.17) is 21.1 Å². The van der Waals surface area contributed by atoms with E-state index in [1.54, 1.807) is 55.3 Å². The Balaban J connectivity index is 1.69. The summed E-state index contributed by atoms with van der Waals surface area (Å²) < 4.78 is 37.2. The molecule has 0 radical (unpaired) electrons. The topological polar surface area (TPSA) is 72.9 Å². The van der Waals surface area contributed by atoms with Gasteiger partial charge in [0.15, 0.2) is 9.84 Å². The Morgan fingerprint density at radius 2 is 1.80 bits per heavy atom. The molecule has 0 aromatic heterocycles. The standard InChI is InChI=1S/C22H26ClNO5S/c1-3-28-22(25)17-12-13-24(2)21(14-17)30(26,27)20-10-8-19(9-11-20)29-15-16-4-6-18(23)7-5-16/h4-11,17,21H,3,12-15H2,1-2H3. The molecule has 1 heterocycles. The van der Waals surface area contributed by atoms with E-state index >= 15 is 0 Å². The Morgan fingerprint density at radius 3 is 2.43 bits per heavy atom. The van der Waals surface area contributed by atoms with Crippen molar-refractivity contribution in [2.45, 2.75) is 36.6 Å². The SMILES string of the molecule is CCOC(=O)C1CCN(C)C(S(=O)(=O)c2ccc(OCc3ccc(Cl)cc3)cc2)C1. The van der Waals surface area contributed by atoms with Crippen LogP contribution in [0.25, 0.3) is 0 Å². The van der Waals surface area contributed by atoms with E-state index < -0.39 is 21.1 Å². The molecule has 2 aromatic rings. The molecule has 0 aliphatic carbocycles. The normalized spacial score (nSPS) is 20.0. The van der Waals surface area contributed by atoms with Crippen molar-refractivity contribution in [1.29, 1.82) is 0 Å². The van der Waals surface area contributed by atoms with Crippen LogP contribution in [0, 0.1) is 5.92 Å². The Morgan fingerprint density at radius 1 is 1.13 bits per heavy atom. The van der Waals surface area contributed by atoms with Crippen LogP contribution in [0.2, 0.25) is 5.02 Å². The molecular formula is C22H26ClNO5S. The lowest BCUT2D eigenvalue weighted by atomic mass is 9.97. The van der Waals surface area contributed by atoms with Crippen LogP contribution in [0.5, 0.6) is 5.75 Å². The minimum Gasteiger partial charge on any atom is -0.489 e. The van der Waals surface area contributed by atoms with Crippen LogP contribution in [0.4, 0.5) is 0 Å². The Labute approximate surface area is 182 Å². The van der Waals surface area contributed by atoms with Gasteiger partial charge in [-0.05, 0) is 75.3 Å². The van der Waals surface area contributed by atoms with Crippen LogP contribution in [0.3, 0.4) is 0 Å². The van der Waals surface area contributed by atoms with Gasteiger partial charge in [-0.3, -0.25) is 9.69 Å². The zero-order valence-corrected chi connectivity index (χ0v) is 18.7. The van der Waals surface area contributed by atoms with Gasteiger partial charge in [0.2, 0.25) is 0 Å². The van der Waals surface area contributed by atoms with Gasteiger partial charge in [0, 0.05) is 5.02 Å². The van der Waals surface area contributed by atoms with Gasteiger partial charge in [0.1, 0.15) is 17.7 Å². The van der Waals surface area contributed by atoms with Gasteiger partial charge in [-0.25, -0.2) is 8.42 Å². The molecule has 1 aliphatic rings. The van der Waals surface area contributed by atoms with Gasteiger partial charge in [0.25, 0.3) is 0 Å². The molecule has 1 fully saturated rings. The first-order valence-corrected chi connectivity index (χ1v) is 11.8. The molecule has 2 unspecified atom stereocenters. The van der Waals surface area contributed by atoms with Gasteiger partial charge in [0.05, 0.1) is 17.4 Å². The molecule has 1 saturated heterocycles. The minimum absolute atomic E-state index is 0.211. The van der Waals surface area contributed by atoms with E-state index in [0.29, 0.717) is 37.0 Å². The molecule has 2 atom stereocenters. The van der Waals surface area contributed by atoms with Crippen molar-refractivity contribution in [3.05, 3.63) is 59.1 Å². The fraction of sp³-hybridized carbons (Fsp3) is 0.409. The van der Waals surface area contributed by atoms with E-state index in [-0.39, 0.29) is 17.3 Å². The van der Waals surface area contributed by atoms with Crippen molar-refractivity contribution in [1.82, 2.24) is 4.90 Å². The number of esters is 1. The first kappa shape index (κ1) is 22.6. The number of rotatable bonds is 7. The zero-order valence-electron chi connectivity index (χ0n) is 17.1. The van der Waals surface area contributed by atoms with Gasteiger partial charge in [-0.2, -0.15) is 0 Å². The summed E-state index contributed by atoms with van der Waals surface area (Å²) in [5.41, 5.74) is 0.963. The van der Waals surface area contributed by atoms with Crippen LogP contribution < -0.4 is 4.74 Å². The van der Waals surface area contributed by atoms with Crippen molar-refractivity contribution in [2.24, 2.45) is 5.92 Å². The average Bonchev–Trinajstić information content (AvgIpc) is 2.74. The molecular weight excluding hydrogens is 426 g/mol. The summed E-state index contributed by atoms with van der Waals surface area (Å²) in [6, 6.07) is 13.7. The number of carbonyl (C=O) groups excluding carboxylic acids is 1. The van der Waals surface area contributed by atoms with E-state index in [2.05, 4.69) is 0 Å². The zero-order chi connectivity index (χ0) is 21.7. The monoisotopic (exact) mass is 451 g/mol. The molecule has 0 N–H and O–H groups in total. The lowest BCUT2D eigenvalue weighted by Crippen LogP contribution is -2.46. The molecule has 0 amide bonds. The number of hydrogen-bond donors (Lipinski definition) is 0. The first-order valence-electron chi connectivity index (χ1n) is 9.89. The third-order valence-electron chi connectivity index (χ3n) is 5.26. The number of halogens is 1. The number of piperidine rings is 1. The third-order valence-corrected chi connectivity index (χ3v) is 7.71. The molecule has 0 bridgehead atoms. The van der Waals surface area contributed by atoms with Crippen molar-refractivity contribution >= 4 is 27.4 Å². The number of hydrogen-bond acceptors (Lipinski definition) is 6. The molecule has 0 spiro atoms. The summed E-state index contributed by atoms with van der Waals surface area (Å²) >= 11 is 5.88. The highest BCUT2D eigenvalue weighted by atomic mass is 35.5. The number of likely N-dealkylation sites (tertiary alicyclic amines) is 1. The minimum atomic E-state index is -3.63. The summed E-state index contributed by atoms with van der Waals surface area (Å²) in [6.45, 7) is 2.92. The summed E-state index contributed by atoms with van der Waals surface area (Å²) in [5, 5.41) is -0.104. The number of benzene rings is 2. The number of sulfone groups is 1. The van der Waals surface area contributed by atoms with E-state index in [0.717, 1.165) is 5.56 Å². The van der Waals surface area contributed by atoms with Crippen molar-refractivity contribution in [3.63, 3.8) is 0 Å². The molecule has 3 rings (SSSR count). The van der Waals surface area contributed by atoms with Crippen LogP contribution >= 0.6 is 11.6 Å². The van der Waals surface area contributed by atoms with Crippen LogP contribution in [0.15, 0.2) is 53.4 Å². The second-order valence-corrected chi connectivity index (χ2v) is 9.88. The molecule has 30 heavy (non-hydrogen) atoms. The van der Waals surface area contributed by atoms with Crippen molar-refractivity contribution in [2.75, 3.05) is 20.2 Å². The molecule has 162 valence electrons. The van der Waals surface area contributed by atoms with E-state index in [9.17, 15) is 13.2 Å². The highest BCUT2D eigenvalue weighted by Crippen LogP contribution is 2.31. The molecule has 0 saturated carbocycles. The molecule has 8 heteroatoms. The predicted molar refractivity (Wildman–Crippen MR) is 115 cm³/mol. The van der Waals surface area contributed by atoms with E-state index in [1.807, 2.05) is 12.1 Å². The fourth-order valence-electron chi connectivity index (χ4n) is 3.51. The summed E-state index contributed by atoms with van der Waals surface area (Å²) in [7, 11) is -1.86. The second-order valence-electron chi connectivity index (χ2n) is 7.34. The first-order chi connectivity index (χ1) is 14.3. The molecule has 6 nitrogen and oxygen atoms in total. The number of carbonyl (C=O) groups is 1. The molecule has 2 aromatic carbocycles. The largest absolute Gasteiger partial charge is 0.489 e. The molecule has 1 aliphatic heterocycles. The predicted octanol–water partition coefficient (Wildman–Crippen LogP) is 3.92. The number of ether oxygens (including phenoxy) is 2. The highest BCUT2D eigenvalue weighted by molar-refractivity contribution is 7.92. The fourth-order valence-corrected chi connectivity index (χ4v) is 5.53. The highest BCUT2D eigenvalue weighted by Gasteiger charge is 2.39. The van der Waals surface area contributed by atoms with Gasteiger partial charge in [-0.15, -0.1) is 0 Å². The lowest BCUT2D eigenvalue weighted by molar-refractivity contribution is -0.149. The van der Waals surface area contributed by atoms with Crippen LogP contribution in [-0.4, -0.2) is 44.9 Å². The van der Waals surface area contributed by atoms with Crippen LogP contribution in [0.1, 0.15) is 25.3 Å². The average molecular weight is 452 g/mol. The quantitative estimate of drug-likeness (QED) is 0.594. The number of nitrogens with zero attached hydrogens (tertiary/aromatic N) is 1. The maximum atomic E-state index is 13.2. The van der Waals surface area contributed by atoms with Crippen molar-refractivity contribution < 1.29 is 22.7 Å². The maximum Gasteiger partial charge on any atom is 0.309 e. The van der Waals surface area contributed by atoms with Crippen molar-refractivity contribution in [3.8, 4) is 5.75 Å². The Bertz CT molecular complexity index is 960. The maximum absolute atomic E-state index is 13.2. The second kappa shape index (κ2) is 9.81. The Hall–Kier alpha value is -2.09. The Kier molecular flexibility index (Phi) is 7.39. The third kappa shape index (κ3) is 5.33. The summed E-state index contributed by atoms with van der Waals surface area (Å²) in [5.74, 6) is -0.148. The van der Waals surface area contributed by atoms with Gasteiger partial charge < -0.3 is 9.47 Å². The van der Waals surface area contributed by atoms with Crippen LogP contribution in [-0.2, 0) is 26.0 Å². The van der Waals surface area contributed by atoms with Gasteiger partial charge in [-0.1, -0.05) is 23.7 Å². The summed E-state index contributed by atoms with van der Waals surface area (Å²) in [4.78, 5) is 14.1. The lowest BCUT2D eigenvalue weighted by Gasteiger charge is -2.35. The smallest absolute Gasteiger partial charge is 0.309 e. The summed E-state index contributed by atoms with van der Waals surface area (Å²) in [6.07, 6.45) is 0.825.